The summed E-state index contributed by atoms with van der Waals surface area (Å²) >= 11 is 0. The number of aromatic nitrogens is 4. The predicted octanol–water partition coefficient (Wildman–Crippen LogP) is 3.65. The minimum absolute atomic E-state index is 0.557. The molecule has 0 aliphatic heterocycles. The summed E-state index contributed by atoms with van der Waals surface area (Å²) in [6, 6.07) is 17.8. The van der Waals surface area contributed by atoms with Crippen LogP contribution in [0.3, 0.4) is 0 Å². The highest BCUT2D eigenvalue weighted by Gasteiger charge is 2.10. The number of hydrogen-bond acceptors (Lipinski definition) is 4. The van der Waals surface area contributed by atoms with E-state index in [1.165, 1.54) is 0 Å². The van der Waals surface area contributed by atoms with Gasteiger partial charge in [-0.1, -0.05) is 35.5 Å². The van der Waals surface area contributed by atoms with Crippen molar-refractivity contribution in [3.8, 4) is 22.6 Å². The molecule has 112 valence electrons. The lowest BCUT2D eigenvalue weighted by Crippen LogP contribution is -2.03. The first-order valence-electron chi connectivity index (χ1n) is 7.33. The SMILES string of the molecule is c1ccc(-c2cc(Cn3nccc3-c3ccncc3)no2)cc1. The summed E-state index contributed by atoms with van der Waals surface area (Å²) in [5.74, 6) is 0.762. The second-order valence-corrected chi connectivity index (χ2v) is 5.16. The number of pyridine rings is 1. The van der Waals surface area contributed by atoms with Crippen molar-refractivity contribution in [2.75, 3.05) is 0 Å². The van der Waals surface area contributed by atoms with Gasteiger partial charge in [0.2, 0.25) is 0 Å². The van der Waals surface area contributed by atoms with Crippen LogP contribution >= 0.6 is 0 Å². The highest BCUT2D eigenvalue weighted by atomic mass is 16.5. The van der Waals surface area contributed by atoms with Crippen molar-refractivity contribution in [3.63, 3.8) is 0 Å². The van der Waals surface area contributed by atoms with Crippen LogP contribution in [0.15, 0.2) is 77.7 Å². The van der Waals surface area contributed by atoms with E-state index in [1.54, 1.807) is 18.6 Å². The van der Waals surface area contributed by atoms with Crippen LogP contribution in [-0.2, 0) is 6.54 Å². The first-order chi connectivity index (χ1) is 11.4. The van der Waals surface area contributed by atoms with Gasteiger partial charge >= 0.3 is 0 Å². The largest absolute Gasteiger partial charge is 0.356 e. The van der Waals surface area contributed by atoms with Gasteiger partial charge in [-0.2, -0.15) is 5.10 Å². The fourth-order valence-electron chi connectivity index (χ4n) is 2.50. The summed E-state index contributed by atoms with van der Waals surface area (Å²) in [6.07, 6.45) is 5.33. The molecule has 0 bridgehead atoms. The molecule has 3 heterocycles. The first-order valence-corrected chi connectivity index (χ1v) is 7.33. The van der Waals surface area contributed by atoms with Gasteiger partial charge in [-0.05, 0) is 18.2 Å². The summed E-state index contributed by atoms with van der Waals surface area (Å²) in [5, 5.41) is 8.54. The zero-order valence-electron chi connectivity index (χ0n) is 12.3. The minimum Gasteiger partial charge on any atom is -0.356 e. The van der Waals surface area contributed by atoms with Gasteiger partial charge in [-0.25, -0.2) is 0 Å². The van der Waals surface area contributed by atoms with Crippen LogP contribution in [0, 0.1) is 0 Å². The molecule has 23 heavy (non-hydrogen) atoms. The van der Waals surface area contributed by atoms with Gasteiger partial charge < -0.3 is 4.52 Å². The van der Waals surface area contributed by atoms with E-state index < -0.39 is 0 Å². The molecule has 4 aromatic rings. The zero-order chi connectivity index (χ0) is 15.5. The molecule has 0 spiro atoms. The minimum atomic E-state index is 0.557. The molecule has 4 rings (SSSR count). The van der Waals surface area contributed by atoms with E-state index in [0.29, 0.717) is 6.54 Å². The third-order valence-electron chi connectivity index (χ3n) is 3.62. The number of benzene rings is 1. The van der Waals surface area contributed by atoms with Crippen LogP contribution in [0.2, 0.25) is 0 Å². The number of nitrogens with zero attached hydrogens (tertiary/aromatic N) is 4. The predicted molar refractivity (Wildman–Crippen MR) is 86.5 cm³/mol. The summed E-state index contributed by atoms with van der Waals surface area (Å²) in [5.41, 5.74) is 3.95. The Morgan fingerprint density at radius 3 is 2.52 bits per heavy atom. The van der Waals surface area contributed by atoms with Crippen molar-refractivity contribution in [1.29, 1.82) is 0 Å². The van der Waals surface area contributed by atoms with E-state index >= 15 is 0 Å². The maximum absolute atomic E-state index is 5.44. The van der Waals surface area contributed by atoms with Gasteiger partial charge in [0.05, 0.1) is 12.2 Å². The summed E-state index contributed by atoms with van der Waals surface area (Å²) < 4.78 is 7.35. The average molecular weight is 302 g/mol. The van der Waals surface area contributed by atoms with Crippen LogP contribution in [0.4, 0.5) is 0 Å². The normalized spacial score (nSPS) is 10.8. The lowest BCUT2D eigenvalue weighted by atomic mass is 10.1. The summed E-state index contributed by atoms with van der Waals surface area (Å²) in [4.78, 5) is 4.05. The number of hydrogen-bond donors (Lipinski definition) is 0. The molecule has 0 saturated heterocycles. The Hall–Kier alpha value is -3.21. The van der Waals surface area contributed by atoms with Crippen molar-refractivity contribution < 1.29 is 4.52 Å². The van der Waals surface area contributed by atoms with E-state index in [4.69, 9.17) is 4.52 Å². The van der Waals surface area contributed by atoms with E-state index in [1.807, 2.05) is 59.3 Å². The van der Waals surface area contributed by atoms with Crippen LogP contribution in [-0.4, -0.2) is 19.9 Å². The van der Waals surface area contributed by atoms with Crippen molar-refractivity contribution in [1.82, 2.24) is 19.9 Å². The van der Waals surface area contributed by atoms with Crippen LogP contribution in [0.25, 0.3) is 22.6 Å². The molecule has 0 radical (unpaired) electrons. The first kappa shape index (κ1) is 13.5. The molecule has 5 nitrogen and oxygen atoms in total. The molecule has 1 aromatic carbocycles. The van der Waals surface area contributed by atoms with Gasteiger partial charge in [-0.15, -0.1) is 0 Å². The van der Waals surface area contributed by atoms with Crippen molar-refractivity contribution in [2.24, 2.45) is 0 Å². The Bertz CT molecular complexity index is 897. The van der Waals surface area contributed by atoms with Crippen molar-refractivity contribution >= 4 is 0 Å². The van der Waals surface area contributed by atoms with Gasteiger partial charge in [0.1, 0.15) is 5.69 Å². The van der Waals surface area contributed by atoms with E-state index in [-0.39, 0.29) is 0 Å². The van der Waals surface area contributed by atoms with E-state index in [0.717, 1.165) is 28.3 Å². The van der Waals surface area contributed by atoms with Crippen LogP contribution in [0.5, 0.6) is 0 Å². The van der Waals surface area contributed by atoms with Crippen LogP contribution in [0.1, 0.15) is 5.69 Å². The molecule has 0 amide bonds. The van der Waals surface area contributed by atoms with Gasteiger partial charge in [0.15, 0.2) is 5.76 Å². The highest BCUT2D eigenvalue weighted by Crippen LogP contribution is 2.22. The lowest BCUT2D eigenvalue weighted by Gasteiger charge is -2.05. The Kier molecular flexibility index (Phi) is 3.44. The highest BCUT2D eigenvalue weighted by molar-refractivity contribution is 5.59. The van der Waals surface area contributed by atoms with Gasteiger partial charge in [0.25, 0.3) is 0 Å². The third-order valence-corrected chi connectivity index (χ3v) is 3.62. The quantitative estimate of drug-likeness (QED) is 0.577. The maximum atomic E-state index is 5.44. The summed E-state index contributed by atoms with van der Waals surface area (Å²) in [6.45, 7) is 0.557. The monoisotopic (exact) mass is 302 g/mol. The molecular weight excluding hydrogens is 288 g/mol. The molecule has 3 aromatic heterocycles. The zero-order valence-corrected chi connectivity index (χ0v) is 12.3. The van der Waals surface area contributed by atoms with Crippen LogP contribution < -0.4 is 0 Å². The van der Waals surface area contributed by atoms with E-state index in [9.17, 15) is 0 Å². The molecule has 0 atom stereocenters. The average Bonchev–Trinajstić information content (AvgIpc) is 3.26. The molecule has 0 aliphatic rings. The fraction of sp³-hybridized carbons (Fsp3) is 0.0556. The van der Waals surface area contributed by atoms with Gasteiger partial charge in [0, 0.05) is 35.8 Å². The molecule has 0 fully saturated rings. The van der Waals surface area contributed by atoms with Gasteiger partial charge in [-0.3, -0.25) is 9.67 Å². The Balaban J connectivity index is 1.61. The Morgan fingerprint density at radius 1 is 0.870 bits per heavy atom. The van der Waals surface area contributed by atoms with Crippen molar-refractivity contribution in [3.05, 3.63) is 78.9 Å². The Morgan fingerprint density at radius 2 is 1.70 bits per heavy atom. The third kappa shape index (κ3) is 2.76. The molecular formula is C18H14N4O. The second kappa shape index (κ2) is 5.88. The molecule has 0 N–H and O–H groups in total. The molecule has 0 unspecified atom stereocenters. The van der Waals surface area contributed by atoms with E-state index in [2.05, 4.69) is 15.2 Å². The molecule has 0 saturated carbocycles. The molecule has 0 aliphatic carbocycles. The smallest absolute Gasteiger partial charge is 0.167 e. The van der Waals surface area contributed by atoms with Crippen molar-refractivity contribution in [2.45, 2.75) is 6.54 Å². The molecule has 5 heteroatoms. The number of rotatable bonds is 4. The maximum Gasteiger partial charge on any atom is 0.167 e. The topological polar surface area (TPSA) is 56.7 Å². The fourth-order valence-corrected chi connectivity index (χ4v) is 2.50. The Labute approximate surface area is 133 Å². The second-order valence-electron chi connectivity index (χ2n) is 5.16. The standard InChI is InChI=1S/C18H14N4O/c1-2-4-15(5-3-1)18-12-16(21-23-18)13-22-17(8-11-20-22)14-6-9-19-10-7-14/h1-12H,13H2. The summed E-state index contributed by atoms with van der Waals surface area (Å²) in [7, 11) is 0. The lowest BCUT2D eigenvalue weighted by molar-refractivity contribution is 0.419.